The summed E-state index contributed by atoms with van der Waals surface area (Å²) in [5, 5.41) is 8.01. The largest absolute Gasteiger partial charge is 0.455 e. The first kappa shape index (κ1) is 24.4. The molecular weight excluding hydrogens is 587 g/mol. The van der Waals surface area contributed by atoms with Gasteiger partial charge in [0.1, 0.15) is 28.0 Å². The highest BCUT2D eigenvalue weighted by molar-refractivity contribution is 7.26. The number of thiophene rings is 1. The van der Waals surface area contributed by atoms with Crippen molar-refractivity contribution in [2.75, 3.05) is 0 Å². The smallest absolute Gasteiger partial charge is 0.236 e. The third-order valence-corrected chi connectivity index (χ3v) is 10.5. The quantitative estimate of drug-likeness (QED) is 0.196. The number of furan rings is 2. The molecule has 0 atom stereocenters. The summed E-state index contributed by atoms with van der Waals surface area (Å²) in [5.74, 6) is 0.592. The van der Waals surface area contributed by atoms with Crippen molar-refractivity contribution in [1.82, 2.24) is 14.5 Å². The van der Waals surface area contributed by atoms with Crippen LogP contribution in [-0.4, -0.2) is 14.5 Å². The number of aromatic nitrogens is 3. The van der Waals surface area contributed by atoms with Gasteiger partial charge in [0.25, 0.3) is 0 Å². The molecule has 0 aliphatic carbocycles. The maximum atomic E-state index is 6.53. The van der Waals surface area contributed by atoms with Crippen LogP contribution in [0.3, 0.4) is 0 Å². The van der Waals surface area contributed by atoms with Crippen LogP contribution in [-0.2, 0) is 0 Å². The van der Waals surface area contributed by atoms with Gasteiger partial charge in [-0.2, -0.15) is 0 Å². The second kappa shape index (κ2) is 8.81. The summed E-state index contributed by atoms with van der Waals surface area (Å²) in [6.45, 7) is 0. The van der Waals surface area contributed by atoms with Crippen LogP contribution in [0.4, 0.5) is 0 Å². The van der Waals surface area contributed by atoms with Crippen molar-refractivity contribution in [3.63, 3.8) is 0 Å². The van der Waals surface area contributed by atoms with Crippen LogP contribution in [0.2, 0.25) is 0 Å². The summed E-state index contributed by atoms with van der Waals surface area (Å²) >= 11 is 1.84. The Morgan fingerprint density at radius 2 is 1.20 bits per heavy atom. The summed E-state index contributed by atoms with van der Waals surface area (Å²) in [6, 6.07) is 44.1. The molecule has 11 aromatic rings. The molecule has 11 rings (SSSR count). The molecule has 5 heterocycles. The molecule has 0 radical (unpaired) electrons. The SMILES string of the molecule is c1ccc2c(c1)oc1c(-c3nc(-n4c5ccccc5c5c6sc7ccccc7c6ccc54)nc4c3oc3ccccc34)cccc12. The molecule has 0 spiro atoms. The van der Waals surface area contributed by atoms with Crippen molar-refractivity contribution in [3.8, 4) is 17.2 Å². The number of para-hydroxylation sites is 4. The maximum Gasteiger partial charge on any atom is 0.236 e. The molecule has 6 heteroatoms. The Morgan fingerprint density at radius 3 is 2.09 bits per heavy atom. The van der Waals surface area contributed by atoms with Gasteiger partial charge in [-0.3, -0.25) is 4.57 Å². The normalized spacial score (nSPS) is 12.3. The van der Waals surface area contributed by atoms with Gasteiger partial charge in [-0.25, -0.2) is 9.97 Å². The molecule has 6 aromatic carbocycles. The molecule has 0 bridgehead atoms. The van der Waals surface area contributed by atoms with Crippen LogP contribution in [0.25, 0.3) is 103 Å². The van der Waals surface area contributed by atoms with E-state index in [0.717, 1.165) is 55.0 Å². The van der Waals surface area contributed by atoms with Crippen LogP contribution in [0.1, 0.15) is 0 Å². The van der Waals surface area contributed by atoms with E-state index in [2.05, 4.69) is 95.6 Å². The molecule has 0 saturated carbocycles. The summed E-state index contributed by atoms with van der Waals surface area (Å²) in [7, 11) is 0. The monoisotopic (exact) mass is 607 g/mol. The molecule has 0 unspecified atom stereocenters. The molecule has 46 heavy (non-hydrogen) atoms. The molecule has 0 aliphatic rings. The second-order valence-electron chi connectivity index (χ2n) is 11.7. The average molecular weight is 608 g/mol. The van der Waals surface area contributed by atoms with Crippen molar-refractivity contribution in [1.29, 1.82) is 0 Å². The highest BCUT2D eigenvalue weighted by Gasteiger charge is 2.24. The Hall–Kier alpha value is -5.98. The van der Waals surface area contributed by atoms with Crippen molar-refractivity contribution < 1.29 is 8.83 Å². The van der Waals surface area contributed by atoms with E-state index in [1.807, 2.05) is 47.7 Å². The van der Waals surface area contributed by atoms with Gasteiger partial charge in [-0.15, -0.1) is 11.3 Å². The van der Waals surface area contributed by atoms with Gasteiger partial charge in [0.2, 0.25) is 5.95 Å². The number of rotatable bonds is 2. The zero-order valence-corrected chi connectivity index (χ0v) is 25.0. The molecule has 214 valence electrons. The third-order valence-electron chi connectivity index (χ3n) is 9.25. The fraction of sp³-hybridized carbons (Fsp3) is 0. The standard InChI is InChI=1S/C40H21N3O2S/c1-5-16-29-26(12-1)34-30(21-20-25-23-11-4-8-19-33(23)46-39(25)34)43(29)40-41-35-27-13-3-7-18-32(27)45-38(35)36(42-40)28-15-9-14-24-22-10-2-6-17-31(22)44-37(24)28/h1-21H. The number of nitrogens with zero attached hydrogens (tertiary/aromatic N) is 3. The predicted octanol–water partition coefficient (Wildman–Crippen LogP) is 11.4. The molecule has 0 fully saturated rings. The minimum Gasteiger partial charge on any atom is -0.455 e. The number of hydrogen-bond donors (Lipinski definition) is 0. The lowest BCUT2D eigenvalue weighted by Crippen LogP contribution is -2.03. The zero-order chi connectivity index (χ0) is 29.9. The first-order valence-corrected chi connectivity index (χ1v) is 16.1. The minimum atomic E-state index is 0.592. The lowest BCUT2D eigenvalue weighted by atomic mass is 10.1. The molecule has 0 amide bonds. The lowest BCUT2D eigenvalue weighted by Gasteiger charge is -2.10. The van der Waals surface area contributed by atoms with Gasteiger partial charge < -0.3 is 8.83 Å². The number of benzene rings is 6. The van der Waals surface area contributed by atoms with E-state index in [9.17, 15) is 0 Å². The van der Waals surface area contributed by atoms with Crippen LogP contribution in [0, 0.1) is 0 Å². The van der Waals surface area contributed by atoms with E-state index in [4.69, 9.17) is 18.8 Å². The Kier molecular flexibility index (Phi) is 4.66. The Morgan fingerprint density at radius 1 is 0.500 bits per heavy atom. The van der Waals surface area contributed by atoms with E-state index in [0.29, 0.717) is 17.2 Å². The topological polar surface area (TPSA) is 57.0 Å². The third kappa shape index (κ3) is 3.13. The van der Waals surface area contributed by atoms with E-state index >= 15 is 0 Å². The highest BCUT2D eigenvalue weighted by Crippen LogP contribution is 2.44. The van der Waals surface area contributed by atoms with Crippen LogP contribution in [0.15, 0.2) is 136 Å². The first-order valence-electron chi connectivity index (χ1n) is 15.3. The van der Waals surface area contributed by atoms with Crippen LogP contribution < -0.4 is 0 Å². The Balaban J connectivity index is 1.30. The molecule has 5 nitrogen and oxygen atoms in total. The second-order valence-corrected chi connectivity index (χ2v) is 12.8. The Labute approximate surface area is 264 Å². The van der Waals surface area contributed by atoms with Crippen molar-refractivity contribution in [2.45, 2.75) is 0 Å². The van der Waals surface area contributed by atoms with Crippen molar-refractivity contribution in [2.24, 2.45) is 0 Å². The molecule has 5 aromatic heterocycles. The fourth-order valence-corrected chi connectivity index (χ4v) is 8.50. The zero-order valence-electron chi connectivity index (χ0n) is 24.2. The molecule has 0 aliphatic heterocycles. The average Bonchev–Trinajstić information content (AvgIpc) is 3.86. The minimum absolute atomic E-state index is 0.592. The number of hydrogen-bond acceptors (Lipinski definition) is 5. The summed E-state index contributed by atoms with van der Waals surface area (Å²) in [5.41, 5.74) is 7.52. The van der Waals surface area contributed by atoms with Gasteiger partial charge in [-0.1, -0.05) is 84.9 Å². The van der Waals surface area contributed by atoms with Crippen molar-refractivity contribution in [3.05, 3.63) is 127 Å². The first-order chi connectivity index (χ1) is 22.8. The van der Waals surface area contributed by atoms with Gasteiger partial charge in [0, 0.05) is 52.7 Å². The summed E-state index contributed by atoms with van der Waals surface area (Å²) in [4.78, 5) is 10.6. The van der Waals surface area contributed by atoms with Crippen molar-refractivity contribution >= 4 is 97.3 Å². The predicted molar refractivity (Wildman–Crippen MR) is 189 cm³/mol. The van der Waals surface area contributed by atoms with Crippen LogP contribution >= 0.6 is 11.3 Å². The van der Waals surface area contributed by atoms with Gasteiger partial charge >= 0.3 is 0 Å². The maximum absolute atomic E-state index is 6.53. The Bertz CT molecular complexity index is 3050. The fourth-order valence-electron chi connectivity index (χ4n) is 7.25. The lowest BCUT2D eigenvalue weighted by molar-refractivity contribution is 0.662. The molecule has 0 saturated heterocycles. The van der Waals surface area contributed by atoms with Gasteiger partial charge in [0.05, 0.1) is 11.0 Å². The number of fused-ring (bicyclic) bond motifs is 13. The molecular formula is C40H21N3O2S. The summed E-state index contributed by atoms with van der Waals surface area (Å²) < 4.78 is 17.8. The van der Waals surface area contributed by atoms with Crippen LogP contribution in [0.5, 0.6) is 0 Å². The van der Waals surface area contributed by atoms with E-state index < -0.39 is 0 Å². The highest BCUT2D eigenvalue weighted by atomic mass is 32.1. The van der Waals surface area contributed by atoms with E-state index in [1.165, 1.54) is 30.9 Å². The van der Waals surface area contributed by atoms with E-state index in [1.54, 1.807) is 0 Å². The molecule has 0 N–H and O–H groups in total. The van der Waals surface area contributed by atoms with Gasteiger partial charge in [0.15, 0.2) is 5.58 Å². The van der Waals surface area contributed by atoms with E-state index in [-0.39, 0.29) is 0 Å². The van der Waals surface area contributed by atoms with Gasteiger partial charge in [-0.05, 0) is 42.5 Å². The summed E-state index contributed by atoms with van der Waals surface area (Å²) in [6.07, 6.45) is 0.